The highest BCUT2D eigenvalue weighted by atomic mass is 35.5. The second kappa shape index (κ2) is 8.42. The molecule has 3 aromatic rings. The monoisotopic (exact) mass is 489 g/mol. The molecule has 0 unspecified atom stereocenters. The van der Waals surface area contributed by atoms with Crippen LogP contribution in [0.15, 0.2) is 29.2 Å². The molecule has 2 aromatic heterocycles. The van der Waals surface area contributed by atoms with Crippen LogP contribution in [0.1, 0.15) is 47.2 Å². The second-order valence-corrected chi connectivity index (χ2v) is 9.54. The van der Waals surface area contributed by atoms with Gasteiger partial charge in [0.2, 0.25) is 5.43 Å². The smallest absolute Gasteiger partial charge is 0.278 e. The lowest BCUT2D eigenvalue weighted by molar-refractivity contribution is 0.0536. The Morgan fingerprint density at radius 2 is 2.09 bits per heavy atom. The molecule has 0 bridgehead atoms. The molecule has 0 aliphatic carbocycles. The first-order valence-corrected chi connectivity index (χ1v) is 11.9. The van der Waals surface area contributed by atoms with E-state index < -0.39 is 17.0 Å². The Bertz CT molecular complexity index is 1310. The molecule has 1 saturated heterocycles. The summed E-state index contributed by atoms with van der Waals surface area (Å²) in [6.45, 7) is 3.08. The topological polar surface area (TPSA) is 91.6 Å². The molecule has 1 amide bonds. The van der Waals surface area contributed by atoms with Gasteiger partial charge in [0.25, 0.3) is 5.91 Å². The quantitative estimate of drug-likeness (QED) is 0.604. The molecule has 0 radical (unpaired) electrons. The number of aromatic hydroxyl groups is 1. The number of hydrogen-bond donors (Lipinski definition) is 1. The van der Waals surface area contributed by atoms with Gasteiger partial charge < -0.3 is 10.0 Å². The van der Waals surface area contributed by atoms with E-state index in [0.717, 1.165) is 24.8 Å². The Balaban J connectivity index is 1.54. The van der Waals surface area contributed by atoms with Crippen molar-refractivity contribution in [2.45, 2.75) is 38.8 Å². The van der Waals surface area contributed by atoms with Crippen LogP contribution in [0, 0.1) is 5.82 Å². The van der Waals surface area contributed by atoms with Crippen molar-refractivity contribution >= 4 is 28.8 Å². The Morgan fingerprint density at radius 1 is 1.27 bits per heavy atom. The van der Waals surface area contributed by atoms with Crippen molar-refractivity contribution in [2.75, 3.05) is 18.1 Å². The lowest BCUT2D eigenvalue weighted by Gasteiger charge is -2.48. The highest BCUT2D eigenvalue weighted by Crippen LogP contribution is 2.32. The van der Waals surface area contributed by atoms with E-state index in [0.29, 0.717) is 29.5 Å². The molecule has 172 valence electrons. The summed E-state index contributed by atoms with van der Waals surface area (Å²) >= 11 is 7.06. The third kappa shape index (κ3) is 3.67. The number of carbonyl (C=O) groups is 1. The Morgan fingerprint density at radius 3 is 2.85 bits per heavy atom. The van der Waals surface area contributed by atoms with Crippen molar-refractivity contribution in [1.82, 2.24) is 19.8 Å². The van der Waals surface area contributed by atoms with Crippen LogP contribution >= 0.6 is 22.9 Å². The van der Waals surface area contributed by atoms with E-state index in [9.17, 15) is 19.1 Å². The van der Waals surface area contributed by atoms with E-state index in [1.165, 1.54) is 23.5 Å². The van der Waals surface area contributed by atoms with E-state index in [2.05, 4.69) is 10.2 Å². The van der Waals surface area contributed by atoms with E-state index >= 15 is 0 Å². The molecule has 5 rings (SSSR count). The second-order valence-electron chi connectivity index (χ2n) is 8.07. The summed E-state index contributed by atoms with van der Waals surface area (Å²) in [5, 5.41) is 22.1. The Kier molecular flexibility index (Phi) is 5.57. The van der Waals surface area contributed by atoms with Crippen LogP contribution in [-0.2, 0) is 6.42 Å². The largest absolute Gasteiger partial charge is 0.502 e. The fraction of sp³-hybridized carbons (Fsp3) is 0.364. The minimum absolute atomic E-state index is 0.0190. The first kappa shape index (κ1) is 21.8. The van der Waals surface area contributed by atoms with Gasteiger partial charge in [-0.15, -0.1) is 10.2 Å². The number of piperidine rings is 1. The third-order valence-corrected chi connectivity index (χ3v) is 7.33. The number of aromatic nitrogens is 3. The standard InChI is InChI=1S/C22H21ClFN5O3S/c1-2-27-17-5-3-4-8-28(17)29-11-13(19(30)20(31)18(29)22(27)32)21-26-25-16(33-21)10-12-6-7-15(24)14(23)9-12/h6-7,9,11,17,31H,2-5,8,10H2,1H3/t17-/m0/s1. The van der Waals surface area contributed by atoms with Crippen molar-refractivity contribution in [3.05, 3.63) is 61.7 Å². The number of hydrogen-bond acceptors (Lipinski definition) is 7. The van der Waals surface area contributed by atoms with Crippen LogP contribution in [0.4, 0.5) is 4.39 Å². The van der Waals surface area contributed by atoms with Gasteiger partial charge in [0.05, 0.1) is 10.6 Å². The number of fused-ring (bicyclic) bond motifs is 3. The van der Waals surface area contributed by atoms with Crippen LogP contribution < -0.4 is 10.4 Å². The SMILES string of the molecule is CCN1C(=O)c2c(O)c(=O)c(-c3nnc(Cc4ccc(F)c(Cl)c4)s3)cn2N2CCCC[C@@H]12. The molecule has 1 atom stereocenters. The maximum absolute atomic E-state index is 13.4. The van der Waals surface area contributed by atoms with E-state index in [4.69, 9.17) is 11.6 Å². The van der Waals surface area contributed by atoms with E-state index in [1.807, 2.05) is 11.9 Å². The molecule has 0 spiro atoms. The molecule has 2 aliphatic heterocycles. The fourth-order valence-electron chi connectivity index (χ4n) is 4.49. The number of amides is 1. The number of nitrogens with zero attached hydrogens (tertiary/aromatic N) is 5. The molecular formula is C22H21ClFN5O3S. The van der Waals surface area contributed by atoms with E-state index in [1.54, 1.807) is 21.8 Å². The number of halogens is 2. The Hall–Kier alpha value is -2.98. The number of benzene rings is 1. The predicted molar refractivity (Wildman–Crippen MR) is 123 cm³/mol. The summed E-state index contributed by atoms with van der Waals surface area (Å²) < 4.78 is 15.0. The van der Waals surface area contributed by atoms with Crippen LogP contribution in [0.25, 0.3) is 10.6 Å². The molecule has 1 fully saturated rings. The number of rotatable bonds is 4. The van der Waals surface area contributed by atoms with Crippen molar-refractivity contribution in [2.24, 2.45) is 0 Å². The molecule has 8 nitrogen and oxygen atoms in total. The lowest BCUT2D eigenvalue weighted by atomic mass is 10.1. The van der Waals surface area contributed by atoms with E-state index in [-0.39, 0.29) is 28.4 Å². The van der Waals surface area contributed by atoms with Crippen molar-refractivity contribution in [1.29, 1.82) is 0 Å². The molecule has 4 heterocycles. The maximum atomic E-state index is 13.4. The summed E-state index contributed by atoms with van der Waals surface area (Å²) in [6, 6.07) is 4.43. The van der Waals surface area contributed by atoms with Gasteiger partial charge in [-0.1, -0.05) is 29.0 Å². The number of pyridine rings is 1. The lowest BCUT2D eigenvalue weighted by Crippen LogP contribution is -2.62. The van der Waals surface area contributed by atoms with Gasteiger partial charge >= 0.3 is 0 Å². The van der Waals surface area contributed by atoms with Crippen molar-refractivity contribution < 1.29 is 14.3 Å². The molecule has 1 N–H and O–H groups in total. The summed E-state index contributed by atoms with van der Waals surface area (Å²) in [6.07, 6.45) is 4.62. The van der Waals surface area contributed by atoms with Gasteiger partial charge in [-0.3, -0.25) is 19.3 Å². The zero-order chi connectivity index (χ0) is 23.3. The van der Waals surface area contributed by atoms with Crippen LogP contribution in [0.5, 0.6) is 5.75 Å². The molecule has 2 aliphatic rings. The first-order chi connectivity index (χ1) is 15.9. The minimum Gasteiger partial charge on any atom is -0.502 e. The van der Waals surface area contributed by atoms with Gasteiger partial charge in [-0.2, -0.15) is 0 Å². The molecule has 33 heavy (non-hydrogen) atoms. The highest BCUT2D eigenvalue weighted by molar-refractivity contribution is 7.14. The normalized spacial score (nSPS) is 17.8. The Labute approximate surface area is 197 Å². The van der Waals surface area contributed by atoms with Gasteiger partial charge in [-0.25, -0.2) is 4.39 Å². The average Bonchev–Trinajstić information content (AvgIpc) is 3.26. The van der Waals surface area contributed by atoms with Gasteiger partial charge in [0.15, 0.2) is 16.5 Å². The molecule has 11 heteroatoms. The van der Waals surface area contributed by atoms with Crippen LogP contribution in [0.3, 0.4) is 0 Å². The van der Waals surface area contributed by atoms with Gasteiger partial charge in [-0.05, 0) is 43.9 Å². The van der Waals surface area contributed by atoms with Crippen LogP contribution in [0.2, 0.25) is 5.02 Å². The van der Waals surface area contributed by atoms with Gasteiger partial charge in [0, 0.05) is 25.7 Å². The fourth-order valence-corrected chi connectivity index (χ4v) is 5.58. The highest BCUT2D eigenvalue weighted by Gasteiger charge is 2.40. The summed E-state index contributed by atoms with van der Waals surface area (Å²) in [4.78, 5) is 27.8. The molecule has 0 saturated carbocycles. The number of carbonyl (C=O) groups excluding carboxylic acids is 1. The van der Waals surface area contributed by atoms with Crippen LogP contribution in [-0.4, -0.2) is 50.0 Å². The van der Waals surface area contributed by atoms with Crippen molar-refractivity contribution in [3.8, 4) is 16.3 Å². The minimum atomic E-state index is -0.659. The summed E-state index contributed by atoms with van der Waals surface area (Å²) in [5.41, 5.74) is 0.262. The third-order valence-electron chi connectivity index (χ3n) is 6.09. The first-order valence-electron chi connectivity index (χ1n) is 10.7. The van der Waals surface area contributed by atoms with Crippen molar-refractivity contribution in [3.63, 3.8) is 0 Å². The molecule has 1 aromatic carbocycles. The maximum Gasteiger partial charge on any atom is 0.278 e. The van der Waals surface area contributed by atoms with Gasteiger partial charge in [0.1, 0.15) is 17.0 Å². The summed E-state index contributed by atoms with van der Waals surface area (Å²) in [7, 11) is 0. The zero-order valence-corrected chi connectivity index (χ0v) is 19.4. The average molecular weight is 490 g/mol. The summed E-state index contributed by atoms with van der Waals surface area (Å²) in [5.74, 6) is -1.43. The zero-order valence-electron chi connectivity index (χ0n) is 17.8. The predicted octanol–water partition coefficient (Wildman–Crippen LogP) is 3.38. The molecular weight excluding hydrogens is 469 g/mol.